The van der Waals surface area contributed by atoms with E-state index in [1.807, 2.05) is 84.9 Å². The molecule has 0 unspecified atom stereocenters. The van der Waals surface area contributed by atoms with Crippen molar-refractivity contribution in [1.82, 2.24) is 10.2 Å². The summed E-state index contributed by atoms with van der Waals surface area (Å²) in [5.74, 6) is 1.92. The van der Waals surface area contributed by atoms with Gasteiger partial charge in [0.1, 0.15) is 11.5 Å². The first-order valence-electron chi connectivity index (χ1n) is 8.62. The summed E-state index contributed by atoms with van der Waals surface area (Å²) in [5, 5.41) is 11.1. The molecule has 0 aliphatic rings. The van der Waals surface area contributed by atoms with Crippen molar-refractivity contribution in [2.45, 2.75) is 0 Å². The molecular weight excluding hydrogens is 418 g/mol. The number of rotatable bonds is 6. The van der Waals surface area contributed by atoms with Crippen molar-refractivity contribution < 1.29 is 9.15 Å². The number of halogens is 1. The Hall–Kier alpha value is -3.38. The highest BCUT2D eigenvalue weighted by atomic mass is 79.9. The molecule has 4 rings (SSSR count). The van der Waals surface area contributed by atoms with Crippen LogP contribution < -0.4 is 10.1 Å². The summed E-state index contributed by atoms with van der Waals surface area (Å²) < 4.78 is 12.6. The van der Waals surface area contributed by atoms with Gasteiger partial charge in [-0.3, -0.25) is 0 Å². The lowest BCUT2D eigenvalue weighted by molar-refractivity contribution is 0.481. The number of hydrogen-bond donors (Lipinski definition) is 1. The minimum absolute atomic E-state index is 0.329. The van der Waals surface area contributed by atoms with Gasteiger partial charge in [-0.2, -0.15) is 0 Å². The number of para-hydroxylation sites is 2. The molecule has 0 saturated heterocycles. The van der Waals surface area contributed by atoms with Gasteiger partial charge < -0.3 is 14.5 Å². The molecule has 28 heavy (non-hydrogen) atoms. The van der Waals surface area contributed by atoms with Crippen LogP contribution >= 0.6 is 15.9 Å². The molecule has 0 saturated carbocycles. The molecule has 138 valence electrons. The van der Waals surface area contributed by atoms with Gasteiger partial charge in [-0.25, -0.2) is 0 Å². The van der Waals surface area contributed by atoms with Gasteiger partial charge in [-0.15, -0.1) is 5.10 Å². The van der Waals surface area contributed by atoms with E-state index in [2.05, 4.69) is 31.4 Å². The SMILES string of the molecule is Brc1ccc(Nc2nnc(/C=C/c3ccccc3Oc3ccccc3)o2)cc1. The summed E-state index contributed by atoms with van der Waals surface area (Å²) in [5.41, 5.74) is 1.77. The van der Waals surface area contributed by atoms with Crippen LogP contribution in [0.2, 0.25) is 0 Å². The summed E-state index contributed by atoms with van der Waals surface area (Å²) in [7, 11) is 0. The molecule has 0 radical (unpaired) electrons. The highest BCUT2D eigenvalue weighted by molar-refractivity contribution is 9.10. The largest absolute Gasteiger partial charge is 0.457 e. The average molecular weight is 434 g/mol. The van der Waals surface area contributed by atoms with E-state index < -0.39 is 0 Å². The van der Waals surface area contributed by atoms with Crippen LogP contribution in [0.15, 0.2) is 87.8 Å². The zero-order chi connectivity index (χ0) is 19.2. The van der Waals surface area contributed by atoms with Crippen LogP contribution in [0, 0.1) is 0 Å². The summed E-state index contributed by atoms with van der Waals surface area (Å²) in [4.78, 5) is 0. The maximum atomic E-state index is 5.96. The first-order valence-corrected chi connectivity index (χ1v) is 9.42. The molecule has 1 heterocycles. The topological polar surface area (TPSA) is 60.2 Å². The van der Waals surface area contributed by atoms with E-state index in [0.717, 1.165) is 27.2 Å². The minimum atomic E-state index is 0.329. The van der Waals surface area contributed by atoms with E-state index in [1.165, 1.54) is 0 Å². The van der Waals surface area contributed by atoms with E-state index in [-0.39, 0.29) is 0 Å². The Balaban J connectivity index is 1.48. The minimum Gasteiger partial charge on any atom is -0.457 e. The molecule has 0 aliphatic heterocycles. The van der Waals surface area contributed by atoms with E-state index in [9.17, 15) is 0 Å². The van der Waals surface area contributed by atoms with Crippen molar-refractivity contribution in [3.05, 3.63) is 94.8 Å². The molecule has 0 bridgehead atoms. The maximum Gasteiger partial charge on any atom is 0.320 e. The van der Waals surface area contributed by atoms with Crippen molar-refractivity contribution in [1.29, 1.82) is 0 Å². The lowest BCUT2D eigenvalue weighted by atomic mass is 10.2. The number of nitrogens with one attached hydrogen (secondary N) is 1. The predicted molar refractivity (Wildman–Crippen MR) is 114 cm³/mol. The van der Waals surface area contributed by atoms with E-state index >= 15 is 0 Å². The molecule has 0 amide bonds. The van der Waals surface area contributed by atoms with Crippen LogP contribution in [-0.4, -0.2) is 10.2 Å². The van der Waals surface area contributed by atoms with Crippen molar-refractivity contribution in [2.75, 3.05) is 5.32 Å². The highest BCUT2D eigenvalue weighted by Gasteiger charge is 2.05. The second-order valence-electron chi connectivity index (χ2n) is 5.86. The highest BCUT2D eigenvalue weighted by Crippen LogP contribution is 2.26. The summed E-state index contributed by atoms with van der Waals surface area (Å²) >= 11 is 3.41. The van der Waals surface area contributed by atoms with Crippen LogP contribution in [0.4, 0.5) is 11.7 Å². The molecule has 5 nitrogen and oxygen atoms in total. The lowest BCUT2D eigenvalue weighted by Gasteiger charge is -2.08. The molecule has 1 N–H and O–H groups in total. The Morgan fingerprint density at radius 2 is 1.57 bits per heavy atom. The van der Waals surface area contributed by atoms with Gasteiger partial charge >= 0.3 is 6.01 Å². The third-order valence-electron chi connectivity index (χ3n) is 3.83. The normalized spacial score (nSPS) is 10.9. The smallest absolute Gasteiger partial charge is 0.320 e. The molecule has 6 heteroatoms. The Labute approximate surface area is 170 Å². The monoisotopic (exact) mass is 433 g/mol. The summed E-state index contributed by atoms with van der Waals surface area (Å²) in [6, 6.07) is 25.5. The van der Waals surface area contributed by atoms with Gasteiger partial charge in [-0.1, -0.05) is 57.4 Å². The third-order valence-corrected chi connectivity index (χ3v) is 4.36. The van der Waals surface area contributed by atoms with Gasteiger partial charge in [0.15, 0.2) is 0 Å². The van der Waals surface area contributed by atoms with Crippen LogP contribution in [0.3, 0.4) is 0 Å². The molecule has 0 fully saturated rings. The van der Waals surface area contributed by atoms with Crippen LogP contribution in [0.1, 0.15) is 11.5 Å². The number of benzene rings is 3. The zero-order valence-electron chi connectivity index (χ0n) is 14.7. The average Bonchev–Trinajstić information content (AvgIpc) is 3.17. The summed E-state index contributed by atoms with van der Waals surface area (Å²) in [6.45, 7) is 0. The van der Waals surface area contributed by atoms with Gasteiger partial charge in [0.25, 0.3) is 0 Å². The molecular formula is C22H16BrN3O2. The van der Waals surface area contributed by atoms with E-state index in [1.54, 1.807) is 6.08 Å². The van der Waals surface area contributed by atoms with Crippen LogP contribution in [0.5, 0.6) is 11.5 Å². The molecule has 4 aromatic rings. The maximum absolute atomic E-state index is 5.96. The van der Waals surface area contributed by atoms with Crippen molar-refractivity contribution >= 4 is 39.8 Å². The van der Waals surface area contributed by atoms with Gasteiger partial charge in [0, 0.05) is 21.8 Å². The molecule has 0 spiro atoms. The number of ether oxygens (including phenoxy) is 1. The Morgan fingerprint density at radius 3 is 2.39 bits per heavy atom. The molecule has 3 aromatic carbocycles. The fourth-order valence-electron chi connectivity index (χ4n) is 2.50. The van der Waals surface area contributed by atoms with Gasteiger partial charge in [0.2, 0.25) is 5.89 Å². The second-order valence-corrected chi connectivity index (χ2v) is 6.78. The Kier molecular flexibility index (Phi) is 5.49. The lowest BCUT2D eigenvalue weighted by Crippen LogP contribution is -1.89. The number of nitrogens with zero attached hydrogens (tertiary/aromatic N) is 2. The van der Waals surface area contributed by atoms with E-state index in [0.29, 0.717) is 11.9 Å². The van der Waals surface area contributed by atoms with E-state index in [4.69, 9.17) is 9.15 Å². The quantitative estimate of drug-likeness (QED) is 0.374. The fourth-order valence-corrected chi connectivity index (χ4v) is 2.76. The zero-order valence-corrected chi connectivity index (χ0v) is 16.3. The van der Waals surface area contributed by atoms with Crippen LogP contribution in [0.25, 0.3) is 12.2 Å². The fraction of sp³-hybridized carbons (Fsp3) is 0. The standard InChI is InChI=1S/C22H16BrN3O2/c23-17-11-13-18(14-12-17)24-22-26-25-21(28-22)15-10-16-6-4-5-9-20(16)27-19-7-2-1-3-8-19/h1-15H,(H,24,26)/b15-10+. The third kappa shape index (κ3) is 4.66. The van der Waals surface area contributed by atoms with Crippen molar-refractivity contribution in [2.24, 2.45) is 0 Å². The number of aromatic nitrogens is 2. The second kappa shape index (κ2) is 8.54. The Bertz CT molecular complexity index is 1080. The molecule has 1 aromatic heterocycles. The number of anilines is 2. The van der Waals surface area contributed by atoms with Crippen LogP contribution in [-0.2, 0) is 0 Å². The molecule has 0 aliphatic carbocycles. The van der Waals surface area contributed by atoms with Gasteiger partial charge in [0.05, 0.1) is 0 Å². The molecule has 0 atom stereocenters. The number of hydrogen-bond acceptors (Lipinski definition) is 5. The summed E-state index contributed by atoms with van der Waals surface area (Å²) in [6.07, 6.45) is 3.64. The predicted octanol–water partition coefficient (Wildman–Crippen LogP) is 6.54. The van der Waals surface area contributed by atoms with Crippen molar-refractivity contribution in [3.8, 4) is 11.5 Å². The van der Waals surface area contributed by atoms with Gasteiger partial charge in [-0.05, 0) is 48.5 Å². The van der Waals surface area contributed by atoms with Crippen molar-refractivity contribution in [3.63, 3.8) is 0 Å². The Morgan fingerprint density at radius 1 is 0.821 bits per heavy atom. The first-order chi connectivity index (χ1) is 13.8. The first kappa shape index (κ1) is 18.0.